The first kappa shape index (κ1) is 14.5. The second kappa shape index (κ2) is 7.64. The van der Waals surface area contributed by atoms with Crippen LogP contribution in [0.1, 0.15) is 51.0 Å². The van der Waals surface area contributed by atoms with Crippen LogP contribution in [0.2, 0.25) is 0 Å². The van der Waals surface area contributed by atoms with Crippen LogP contribution in [0.4, 0.5) is 0 Å². The molecule has 0 spiro atoms. The van der Waals surface area contributed by atoms with Gasteiger partial charge in [0, 0.05) is 18.4 Å². The van der Waals surface area contributed by atoms with E-state index < -0.39 is 0 Å². The molecule has 1 saturated carbocycles. The van der Waals surface area contributed by atoms with Gasteiger partial charge in [-0.05, 0) is 55.8 Å². The maximum atomic E-state index is 4.09. The minimum absolute atomic E-state index is 0.679. The highest BCUT2D eigenvalue weighted by atomic mass is 14.9. The van der Waals surface area contributed by atoms with E-state index in [0.717, 1.165) is 11.8 Å². The van der Waals surface area contributed by atoms with Crippen LogP contribution in [0.3, 0.4) is 0 Å². The first-order chi connectivity index (χ1) is 9.35. The Morgan fingerprint density at radius 1 is 1.26 bits per heavy atom. The molecule has 0 aromatic carbocycles. The highest BCUT2D eigenvalue weighted by Gasteiger charge is 2.29. The molecular weight excluding hydrogens is 232 g/mol. The Balaban J connectivity index is 1.91. The molecule has 0 amide bonds. The standard InChI is InChI=1S/C17H28N2/c1-3-15-6-4-5-7-16(15)17(18-2)9-8-14-10-12-19-13-11-14/h10-13,15-18H,3-9H2,1-2H3. The predicted octanol–water partition coefficient (Wildman–Crippen LogP) is 3.82. The third-order valence-corrected chi connectivity index (χ3v) is 4.87. The van der Waals surface area contributed by atoms with E-state index >= 15 is 0 Å². The molecular formula is C17H28N2. The number of nitrogens with zero attached hydrogens (tertiary/aromatic N) is 1. The monoisotopic (exact) mass is 260 g/mol. The maximum Gasteiger partial charge on any atom is 0.0270 e. The molecule has 1 aliphatic carbocycles. The van der Waals surface area contributed by atoms with Crippen LogP contribution in [0.15, 0.2) is 24.5 Å². The second-order valence-corrected chi connectivity index (χ2v) is 5.91. The zero-order chi connectivity index (χ0) is 13.5. The summed E-state index contributed by atoms with van der Waals surface area (Å²) in [6.07, 6.45) is 13.3. The quantitative estimate of drug-likeness (QED) is 0.841. The molecule has 1 aromatic heterocycles. The Kier molecular flexibility index (Phi) is 5.84. The molecule has 2 heteroatoms. The van der Waals surface area contributed by atoms with E-state index in [2.05, 4.69) is 36.4 Å². The van der Waals surface area contributed by atoms with Gasteiger partial charge in [-0.2, -0.15) is 0 Å². The van der Waals surface area contributed by atoms with E-state index in [4.69, 9.17) is 0 Å². The lowest BCUT2D eigenvalue weighted by Gasteiger charge is -2.37. The topological polar surface area (TPSA) is 24.9 Å². The van der Waals surface area contributed by atoms with Gasteiger partial charge in [0.15, 0.2) is 0 Å². The third-order valence-electron chi connectivity index (χ3n) is 4.87. The number of aryl methyl sites for hydroxylation is 1. The molecule has 0 saturated heterocycles. The molecule has 0 bridgehead atoms. The maximum absolute atomic E-state index is 4.09. The van der Waals surface area contributed by atoms with Gasteiger partial charge < -0.3 is 5.32 Å². The fraction of sp³-hybridized carbons (Fsp3) is 0.706. The van der Waals surface area contributed by atoms with Crippen molar-refractivity contribution in [3.63, 3.8) is 0 Å². The van der Waals surface area contributed by atoms with Gasteiger partial charge >= 0.3 is 0 Å². The predicted molar refractivity (Wildman–Crippen MR) is 81.1 cm³/mol. The van der Waals surface area contributed by atoms with Gasteiger partial charge in [-0.15, -0.1) is 0 Å². The summed E-state index contributed by atoms with van der Waals surface area (Å²) in [6.45, 7) is 2.36. The molecule has 1 heterocycles. The molecule has 19 heavy (non-hydrogen) atoms. The lowest BCUT2D eigenvalue weighted by Crippen LogP contribution is -2.39. The number of pyridine rings is 1. The van der Waals surface area contributed by atoms with Gasteiger partial charge in [0.25, 0.3) is 0 Å². The van der Waals surface area contributed by atoms with Crippen LogP contribution in [-0.2, 0) is 6.42 Å². The number of aromatic nitrogens is 1. The SMILES string of the molecule is CCC1CCCCC1C(CCc1ccncc1)NC. The van der Waals surface area contributed by atoms with Crippen LogP contribution in [-0.4, -0.2) is 18.1 Å². The molecule has 2 nitrogen and oxygen atoms in total. The highest BCUT2D eigenvalue weighted by molar-refractivity contribution is 5.10. The zero-order valence-corrected chi connectivity index (χ0v) is 12.4. The molecule has 1 fully saturated rings. The Morgan fingerprint density at radius 2 is 2.00 bits per heavy atom. The number of nitrogens with one attached hydrogen (secondary N) is 1. The summed E-state index contributed by atoms with van der Waals surface area (Å²) in [5, 5.41) is 3.59. The number of hydrogen-bond donors (Lipinski definition) is 1. The molecule has 1 N–H and O–H groups in total. The minimum Gasteiger partial charge on any atom is -0.317 e. The van der Waals surface area contributed by atoms with Gasteiger partial charge in [-0.3, -0.25) is 4.98 Å². The van der Waals surface area contributed by atoms with Gasteiger partial charge in [0.1, 0.15) is 0 Å². The first-order valence-corrected chi connectivity index (χ1v) is 7.91. The first-order valence-electron chi connectivity index (χ1n) is 7.91. The Bertz CT molecular complexity index is 350. The van der Waals surface area contributed by atoms with Crippen molar-refractivity contribution in [1.82, 2.24) is 10.3 Å². The molecule has 3 atom stereocenters. The van der Waals surface area contributed by atoms with E-state index in [-0.39, 0.29) is 0 Å². The van der Waals surface area contributed by atoms with E-state index in [0.29, 0.717) is 6.04 Å². The van der Waals surface area contributed by atoms with Crippen molar-refractivity contribution in [1.29, 1.82) is 0 Å². The molecule has 2 rings (SSSR count). The van der Waals surface area contributed by atoms with Crippen LogP contribution in [0, 0.1) is 11.8 Å². The molecule has 0 radical (unpaired) electrons. The van der Waals surface area contributed by atoms with Crippen molar-refractivity contribution < 1.29 is 0 Å². The molecule has 3 unspecified atom stereocenters. The zero-order valence-electron chi connectivity index (χ0n) is 12.4. The van der Waals surface area contributed by atoms with Crippen LogP contribution >= 0.6 is 0 Å². The molecule has 0 aliphatic heterocycles. The van der Waals surface area contributed by atoms with Crippen LogP contribution in [0.5, 0.6) is 0 Å². The summed E-state index contributed by atoms with van der Waals surface area (Å²) in [4.78, 5) is 4.09. The van der Waals surface area contributed by atoms with Crippen molar-refractivity contribution in [2.75, 3.05) is 7.05 Å². The molecule has 1 aliphatic rings. The summed E-state index contributed by atoms with van der Waals surface area (Å²) in [5.41, 5.74) is 1.42. The Hall–Kier alpha value is -0.890. The fourth-order valence-corrected chi connectivity index (χ4v) is 3.72. The number of rotatable bonds is 6. The highest BCUT2D eigenvalue weighted by Crippen LogP contribution is 2.35. The van der Waals surface area contributed by atoms with E-state index in [1.54, 1.807) is 0 Å². The van der Waals surface area contributed by atoms with E-state index in [9.17, 15) is 0 Å². The van der Waals surface area contributed by atoms with Gasteiger partial charge in [-0.25, -0.2) is 0 Å². The molecule has 106 valence electrons. The third kappa shape index (κ3) is 4.04. The van der Waals surface area contributed by atoms with Crippen LogP contribution in [0.25, 0.3) is 0 Å². The van der Waals surface area contributed by atoms with Crippen molar-refractivity contribution >= 4 is 0 Å². The average Bonchev–Trinajstić information content (AvgIpc) is 2.49. The Morgan fingerprint density at radius 3 is 2.68 bits per heavy atom. The van der Waals surface area contributed by atoms with Gasteiger partial charge in [0.2, 0.25) is 0 Å². The van der Waals surface area contributed by atoms with Gasteiger partial charge in [-0.1, -0.05) is 32.6 Å². The fourth-order valence-electron chi connectivity index (χ4n) is 3.72. The van der Waals surface area contributed by atoms with Crippen molar-refractivity contribution in [2.45, 2.75) is 57.9 Å². The summed E-state index contributed by atoms with van der Waals surface area (Å²) < 4.78 is 0. The number of hydrogen-bond acceptors (Lipinski definition) is 2. The summed E-state index contributed by atoms with van der Waals surface area (Å²) in [6, 6.07) is 4.97. The van der Waals surface area contributed by atoms with Crippen molar-refractivity contribution in [3.8, 4) is 0 Å². The summed E-state index contributed by atoms with van der Waals surface area (Å²) >= 11 is 0. The lowest BCUT2D eigenvalue weighted by atomic mass is 9.73. The van der Waals surface area contributed by atoms with E-state index in [1.807, 2.05) is 12.4 Å². The van der Waals surface area contributed by atoms with Crippen molar-refractivity contribution in [2.24, 2.45) is 11.8 Å². The summed E-state index contributed by atoms with van der Waals surface area (Å²) in [5.74, 6) is 1.81. The average molecular weight is 260 g/mol. The lowest BCUT2D eigenvalue weighted by molar-refractivity contribution is 0.174. The Labute approximate surface area is 118 Å². The van der Waals surface area contributed by atoms with Crippen LogP contribution < -0.4 is 5.32 Å². The van der Waals surface area contributed by atoms with Gasteiger partial charge in [0.05, 0.1) is 0 Å². The molecule has 1 aromatic rings. The second-order valence-electron chi connectivity index (χ2n) is 5.91. The van der Waals surface area contributed by atoms with Crippen molar-refractivity contribution in [3.05, 3.63) is 30.1 Å². The normalized spacial score (nSPS) is 25.2. The smallest absolute Gasteiger partial charge is 0.0270 e. The summed E-state index contributed by atoms with van der Waals surface area (Å²) in [7, 11) is 2.14. The van der Waals surface area contributed by atoms with E-state index in [1.165, 1.54) is 50.5 Å². The minimum atomic E-state index is 0.679. The largest absolute Gasteiger partial charge is 0.317 e.